The lowest BCUT2D eigenvalue weighted by molar-refractivity contribution is -0.0558. The van der Waals surface area contributed by atoms with Crippen molar-refractivity contribution < 1.29 is 19.4 Å². The van der Waals surface area contributed by atoms with Crippen molar-refractivity contribution in [3.8, 4) is 0 Å². The molecule has 0 bridgehead atoms. The molecule has 1 spiro atoms. The standard InChI is InChI=1S/C15H27NO4/c1-14(2,3)20-13(18)16-10-11-4-5-15(12(11)17)6-8-19-9-7-15/h11-12,17H,4-10H2,1-3H3,(H,16,18)/t11-,12+/m1/s1. The first kappa shape index (κ1) is 15.6. The average molecular weight is 285 g/mol. The summed E-state index contributed by atoms with van der Waals surface area (Å²) in [5, 5.41) is 13.3. The molecule has 0 aromatic heterocycles. The Hall–Kier alpha value is -0.810. The number of amides is 1. The smallest absolute Gasteiger partial charge is 0.407 e. The van der Waals surface area contributed by atoms with E-state index in [2.05, 4.69) is 5.32 Å². The molecule has 5 heteroatoms. The summed E-state index contributed by atoms with van der Waals surface area (Å²) < 4.78 is 10.6. The number of aliphatic hydroxyl groups is 1. The maximum atomic E-state index is 11.7. The average Bonchev–Trinajstić information content (AvgIpc) is 2.64. The van der Waals surface area contributed by atoms with Crippen molar-refractivity contribution in [2.24, 2.45) is 11.3 Å². The van der Waals surface area contributed by atoms with Crippen molar-refractivity contribution in [3.05, 3.63) is 0 Å². The van der Waals surface area contributed by atoms with Crippen LogP contribution in [0.5, 0.6) is 0 Å². The first-order chi connectivity index (χ1) is 9.32. The van der Waals surface area contributed by atoms with E-state index in [-0.39, 0.29) is 17.4 Å². The van der Waals surface area contributed by atoms with Crippen molar-refractivity contribution in [2.45, 2.75) is 58.2 Å². The fourth-order valence-electron chi connectivity index (χ4n) is 3.34. The van der Waals surface area contributed by atoms with Crippen LogP contribution in [0.1, 0.15) is 46.5 Å². The molecular weight excluding hydrogens is 258 g/mol. The molecule has 1 saturated carbocycles. The van der Waals surface area contributed by atoms with Crippen molar-refractivity contribution in [1.82, 2.24) is 5.32 Å². The van der Waals surface area contributed by atoms with Crippen LogP contribution in [0.4, 0.5) is 4.79 Å². The van der Waals surface area contributed by atoms with E-state index in [0.717, 1.165) is 38.9 Å². The van der Waals surface area contributed by atoms with E-state index >= 15 is 0 Å². The van der Waals surface area contributed by atoms with Crippen LogP contribution in [0.15, 0.2) is 0 Å². The SMILES string of the molecule is CC(C)(C)OC(=O)NC[C@H]1CCC2(CCOCC2)[C@H]1O. The Kier molecular flexibility index (Phi) is 4.59. The second kappa shape index (κ2) is 5.90. The van der Waals surface area contributed by atoms with Crippen molar-refractivity contribution in [2.75, 3.05) is 19.8 Å². The fraction of sp³-hybridized carbons (Fsp3) is 0.933. The second-order valence-corrected chi connectivity index (χ2v) is 7.10. The van der Waals surface area contributed by atoms with Gasteiger partial charge in [0, 0.05) is 31.1 Å². The highest BCUT2D eigenvalue weighted by Gasteiger charge is 2.48. The highest BCUT2D eigenvalue weighted by molar-refractivity contribution is 5.67. The summed E-state index contributed by atoms with van der Waals surface area (Å²) in [4.78, 5) is 11.7. The third-order valence-corrected chi connectivity index (χ3v) is 4.48. The van der Waals surface area contributed by atoms with Crippen molar-refractivity contribution in [3.63, 3.8) is 0 Å². The lowest BCUT2D eigenvalue weighted by atomic mass is 9.76. The minimum Gasteiger partial charge on any atom is -0.444 e. The molecule has 2 fully saturated rings. The fourth-order valence-corrected chi connectivity index (χ4v) is 3.34. The summed E-state index contributed by atoms with van der Waals surface area (Å²) in [5.74, 6) is 0.126. The number of alkyl carbamates (subject to hydrolysis) is 1. The van der Waals surface area contributed by atoms with Crippen LogP contribution >= 0.6 is 0 Å². The van der Waals surface area contributed by atoms with E-state index in [0.29, 0.717) is 6.54 Å². The Morgan fingerprint density at radius 3 is 2.60 bits per heavy atom. The molecule has 2 aliphatic rings. The van der Waals surface area contributed by atoms with Gasteiger partial charge in [0.1, 0.15) is 5.60 Å². The van der Waals surface area contributed by atoms with Crippen molar-refractivity contribution >= 4 is 6.09 Å². The molecule has 116 valence electrons. The van der Waals surface area contributed by atoms with Gasteiger partial charge in [-0.1, -0.05) is 0 Å². The van der Waals surface area contributed by atoms with Crippen LogP contribution in [0.3, 0.4) is 0 Å². The number of nitrogens with one attached hydrogen (secondary N) is 1. The summed E-state index contributed by atoms with van der Waals surface area (Å²) >= 11 is 0. The maximum absolute atomic E-state index is 11.7. The van der Waals surface area contributed by atoms with Gasteiger partial charge in [0.2, 0.25) is 0 Å². The summed E-state index contributed by atoms with van der Waals surface area (Å²) in [7, 11) is 0. The van der Waals surface area contributed by atoms with Crippen LogP contribution in [0, 0.1) is 11.3 Å². The van der Waals surface area contributed by atoms with Crippen LogP contribution in [0.25, 0.3) is 0 Å². The summed E-state index contributed by atoms with van der Waals surface area (Å²) in [6.07, 6.45) is 3.09. The normalized spacial score (nSPS) is 29.4. The van der Waals surface area contributed by atoms with E-state index in [1.165, 1.54) is 0 Å². The van der Waals surface area contributed by atoms with Gasteiger partial charge in [0.05, 0.1) is 6.10 Å². The number of carbonyl (C=O) groups excluding carboxylic acids is 1. The van der Waals surface area contributed by atoms with Gasteiger partial charge < -0.3 is 19.9 Å². The van der Waals surface area contributed by atoms with Gasteiger partial charge in [-0.2, -0.15) is 0 Å². The number of hydrogen-bond donors (Lipinski definition) is 2. The molecule has 0 unspecified atom stereocenters. The molecule has 1 amide bonds. The van der Waals surface area contributed by atoms with Crippen molar-refractivity contribution in [1.29, 1.82) is 0 Å². The van der Waals surface area contributed by atoms with Gasteiger partial charge >= 0.3 is 6.09 Å². The molecule has 1 aliphatic heterocycles. The molecule has 2 atom stereocenters. The third-order valence-electron chi connectivity index (χ3n) is 4.48. The number of carbonyl (C=O) groups is 1. The topological polar surface area (TPSA) is 67.8 Å². The van der Waals surface area contributed by atoms with E-state index in [4.69, 9.17) is 9.47 Å². The Morgan fingerprint density at radius 2 is 2.00 bits per heavy atom. The highest BCUT2D eigenvalue weighted by atomic mass is 16.6. The van der Waals surface area contributed by atoms with E-state index in [1.54, 1.807) is 0 Å². The van der Waals surface area contributed by atoms with Crippen LogP contribution in [-0.2, 0) is 9.47 Å². The molecule has 20 heavy (non-hydrogen) atoms. The van der Waals surface area contributed by atoms with Gasteiger partial charge in [-0.05, 0) is 46.5 Å². The number of aliphatic hydroxyl groups excluding tert-OH is 1. The van der Waals surface area contributed by atoms with E-state index < -0.39 is 11.7 Å². The predicted octanol–water partition coefficient (Wildman–Crippen LogP) is 2.08. The first-order valence-electron chi connectivity index (χ1n) is 7.55. The van der Waals surface area contributed by atoms with Crippen LogP contribution < -0.4 is 5.32 Å². The minimum atomic E-state index is -0.486. The Labute approximate surface area is 121 Å². The lowest BCUT2D eigenvalue weighted by Crippen LogP contribution is -2.42. The van der Waals surface area contributed by atoms with Gasteiger partial charge in [-0.3, -0.25) is 0 Å². The molecule has 5 nitrogen and oxygen atoms in total. The number of hydrogen-bond acceptors (Lipinski definition) is 4. The molecule has 0 aromatic carbocycles. The third kappa shape index (κ3) is 3.64. The van der Waals surface area contributed by atoms with Gasteiger partial charge in [0.25, 0.3) is 0 Å². The Balaban J connectivity index is 1.81. The van der Waals surface area contributed by atoms with Crippen LogP contribution in [0.2, 0.25) is 0 Å². The Bertz CT molecular complexity index is 344. The largest absolute Gasteiger partial charge is 0.444 e. The van der Waals surface area contributed by atoms with Gasteiger partial charge in [-0.25, -0.2) is 4.79 Å². The minimum absolute atomic E-state index is 0.0124. The monoisotopic (exact) mass is 285 g/mol. The summed E-state index contributed by atoms with van der Waals surface area (Å²) in [6, 6.07) is 0. The lowest BCUT2D eigenvalue weighted by Gasteiger charge is -2.37. The highest BCUT2D eigenvalue weighted by Crippen LogP contribution is 2.48. The molecule has 1 saturated heterocycles. The zero-order valence-corrected chi connectivity index (χ0v) is 12.8. The first-order valence-corrected chi connectivity index (χ1v) is 7.55. The zero-order chi connectivity index (χ0) is 14.8. The predicted molar refractivity (Wildman–Crippen MR) is 75.5 cm³/mol. The number of rotatable bonds is 2. The molecule has 0 aromatic rings. The molecule has 1 heterocycles. The maximum Gasteiger partial charge on any atom is 0.407 e. The second-order valence-electron chi connectivity index (χ2n) is 7.10. The molecular formula is C15H27NO4. The Morgan fingerprint density at radius 1 is 1.35 bits per heavy atom. The number of ether oxygens (including phenoxy) is 2. The molecule has 1 aliphatic carbocycles. The van der Waals surface area contributed by atoms with E-state index in [1.807, 2.05) is 20.8 Å². The summed E-state index contributed by atoms with van der Waals surface area (Å²) in [5.41, 5.74) is -0.473. The quantitative estimate of drug-likeness (QED) is 0.815. The summed E-state index contributed by atoms with van der Waals surface area (Å²) in [6.45, 7) is 7.49. The molecule has 2 rings (SSSR count). The van der Waals surface area contributed by atoms with E-state index in [9.17, 15) is 9.90 Å². The molecule has 0 radical (unpaired) electrons. The van der Waals surface area contributed by atoms with Crippen LogP contribution in [-0.4, -0.2) is 42.7 Å². The van der Waals surface area contributed by atoms with Gasteiger partial charge in [0.15, 0.2) is 0 Å². The molecule has 2 N–H and O–H groups in total. The zero-order valence-electron chi connectivity index (χ0n) is 12.8. The van der Waals surface area contributed by atoms with Gasteiger partial charge in [-0.15, -0.1) is 0 Å².